The van der Waals surface area contributed by atoms with Gasteiger partial charge in [0.25, 0.3) is 0 Å². The predicted octanol–water partition coefficient (Wildman–Crippen LogP) is 2.54. The summed E-state index contributed by atoms with van der Waals surface area (Å²) in [5.41, 5.74) is 2.59. The Labute approximate surface area is 83.0 Å². The second kappa shape index (κ2) is 3.83. The van der Waals surface area contributed by atoms with Gasteiger partial charge in [0.05, 0.1) is 11.4 Å². The summed E-state index contributed by atoms with van der Waals surface area (Å²) in [6.07, 6.45) is 3.51. The third-order valence-electron chi connectivity index (χ3n) is 1.95. The molecule has 2 aromatic heterocycles. The van der Waals surface area contributed by atoms with Crippen molar-refractivity contribution < 1.29 is 0 Å². The van der Waals surface area contributed by atoms with Crippen LogP contribution in [-0.4, -0.2) is 9.97 Å². The molecule has 14 heavy (non-hydrogen) atoms. The topological polar surface area (TPSA) is 25.8 Å². The SMILES string of the molecule is C=C(c1ccccn1)c1ccccn1. The fourth-order valence-electron chi connectivity index (χ4n) is 1.21. The smallest absolute Gasteiger partial charge is 0.0717 e. The standard InChI is InChI=1S/C12H10N2/c1-10(11-6-2-4-8-13-11)12-7-3-5-9-14-12/h2-9H,1H2. The van der Waals surface area contributed by atoms with Crippen LogP contribution in [0, 0.1) is 0 Å². The Kier molecular flexibility index (Phi) is 2.36. The van der Waals surface area contributed by atoms with E-state index < -0.39 is 0 Å². The number of aromatic nitrogens is 2. The first-order chi connectivity index (χ1) is 6.88. The van der Waals surface area contributed by atoms with Crippen molar-refractivity contribution in [2.24, 2.45) is 0 Å². The molecular weight excluding hydrogens is 172 g/mol. The molecule has 0 N–H and O–H groups in total. The lowest BCUT2D eigenvalue weighted by atomic mass is 10.1. The van der Waals surface area contributed by atoms with Crippen LogP contribution in [0.15, 0.2) is 55.4 Å². The Morgan fingerprint density at radius 2 is 1.36 bits per heavy atom. The van der Waals surface area contributed by atoms with Crippen molar-refractivity contribution in [3.8, 4) is 0 Å². The van der Waals surface area contributed by atoms with Gasteiger partial charge >= 0.3 is 0 Å². The van der Waals surface area contributed by atoms with Gasteiger partial charge in [0.2, 0.25) is 0 Å². The monoisotopic (exact) mass is 182 g/mol. The number of hydrogen-bond acceptors (Lipinski definition) is 2. The summed E-state index contributed by atoms with van der Waals surface area (Å²) in [5, 5.41) is 0. The van der Waals surface area contributed by atoms with Gasteiger partial charge in [0, 0.05) is 18.0 Å². The zero-order valence-electron chi connectivity index (χ0n) is 7.72. The van der Waals surface area contributed by atoms with Crippen LogP contribution in [0.1, 0.15) is 11.4 Å². The fourth-order valence-corrected chi connectivity index (χ4v) is 1.21. The maximum Gasteiger partial charge on any atom is 0.0717 e. The van der Waals surface area contributed by atoms with Gasteiger partial charge in [-0.1, -0.05) is 18.7 Å². The van der Waals surface area contributed by atoms with Crippen LogP contribution in [0.5, 0.6) is 0 Å². The molecule has 0 spiro atoms. The highest BCUT2D eigenvalue weighted by atomic mass is 14.7. The van der Waals surface area contributed by atoms with E-state index in [0.29, 0.717) is 0 Å². The first-order valence-corrected chi connectivity index (χ1v) is 4.39. The van der Waals surface area contributed by atoms with E-state index >= 15 is 0 Å². The molecule has 0 radical (unpaired) electrons. The summed E-state index contributed by atoms with van der Waals surface area (Å²) in [6, 6.07) is 11.5. The Hall–Kier alpha value is -1.96. The number of rotatable bonds is 2. The highest BCUT2D eigenvalue weighted by Gasteiger charge is 2.02. The van der Waals surface area contributed by atoms with E-state index in [4.69, 9.17) is 0 Å². The molecule has 2 nitrogen and oxygen atoms in total. The molecule has 2 heterocycles. The molecular formula is C12H10N2. The molecule has 2 aromatic rings. The van der Waals surface area contributed by atoms with Gasteiger partial charge in [-0.05, 0) is 24.3 Å². The zero-order chi connectivity index (χ0) is 9.80. The molecule has 0 amide bonds. The van der Waals surface area contributed by atoms with E-state index in [-0.39, 0.29) is 0 Å². The van der Waals surface area contributed by atoms with Gasteiger partial charge in [-0.25, -0.2) is 0 Å². The van der Waals surface area contributed by atoms with Gasteiger partial charge < -0.3 is 0 Å². The average Bonchev–Trinajstić information content (AvgIpc) is 2.30. The number of pyridine rings is 2. The summed E-state index contributed by atoms with van der Waals surface area (Å²) < 4.78 is 0. The maximum atomic E-state index is 4.22. The summed E-state index contributed by atoms with van der Waals surface area (Å²) in [7, 11) is 0. The van der Waals surface area contributed by atoms with Crippen LogP contribution in [0.3, 0.4) is 0 Å². The van der Waals surface area contributed by atoms with Gasteiger partial charge in [-0.3, -0.25) is 9.97 Å². The molecule has 0 unspecified atom stereocenters. The second-order valence-corrected chi connectivity index (χ2v) is 2.91. The van der Waals surface area contributed by atoms with Crippen LogP contribution in [0.2, 0.25) is 0 Å². The van der Waals surface area contributed by atoms with Crippen molar-refractivity contribution in [3.63, 3.8) is 0 Å². The molecule has 0 aliphatic rings. The Bertz CT molecular complexity index is 379. The molecule has 68 valence electrons. The molecule has 2 heteroatoms. The largest absolute Gasteiger partial charge is 0.256 e. The van der Waals surface area contributed by atoms with Crippen LogP contribution >= 0.6 is 0 Å². The molecule has 0 aromatic carbocycles. The molecule has 2 rings (SSSR count). The quantitative estimate of drug-likeness (QED) is 0.713. The van der Waals surface area contributed by atoms with Crippen molar-refractivity contribution in [2.45, 2.75) is 0 Å². The average molecular weight is 182 g/mol. The van der Waals surface area contributed by atoms with Crippen molar-refractivity contribution >= 4 is 5.57 Å². The molecule has 0 fully saturated rings. The highest BCUT2D eigenvalue weighted by Crippen LogP contribution is 2.15. The summed E-state index contributed by atoms with van der Waals surface area (Å²) >= 11 is 0. The minimum Gasteiger partial charge on any atom is -0.256 e. The minimum absolute atomic E-state index is 0.853. The van der Waals surface area contributed by atoms with Crippen LogP contribution in [-0.2, 0) is 0 Å². The minimum atomic E-state index is 0.853. The van der Waals surface area contributed by atoms with Gasteiger partial charge in [0.1, 0.15) is 0 Å². The van der Waals surface area contributed by atoms with Crippen LogP contribution < -0.4 is 0 Å². The maximum absolute atomic E-state index is 4.22. The van der Waals surface area contributed by atoms with Gasteiger partial charge in [-0.15, -0.1) is 0 Å². The molecule has 0 aliphatic heterocycles. The van der Waals surface area contributed by atoms with E-state index in [9.17, 15) is 0 Å². The lowest BCUT2D eigenvalue weighted by Gasteiger charge is -2.02. The molecule has 0 atom stereocenters. The van der Waals surface area contributed by atoms with E-state index in [1.165, 1.54) is 0 Å². The van der Waals surface area contributed by atoms with Gasteiger partial charge in [-0.2, -0.15) is 0 Å². The van der Waals surface area contributed by atoms with Crippen molar-refractivity contribution in [3.05, 3.63) is 66.8 Å². The fraction of sp³-hybridized carbons (Fsp3) is 0. The third-order valence-corrected chi connectivity index (χ3v) is 1.95. The van der Waals surface area contributed by atoms with Crippen molar-refractivity contribution in [2.75, 3.05) is 0 Å². The second-order valence-electron chi connectivity index (χ2n) is 2.91. The van der Waals surface area contributed by atoms with E-state index in [1.807, 2.05) is 36.4 Å². The lowest BCUT2D eigenvalue weighted by molar-refractivity contribution is 1.23. The van der Waals surface area contributed by atoms with Crippen LogP contribution in [0.4, 0.5) is 0 Å². The zero-order valence-corrected chi connectivity index (χ0v) is 7.72. The normalized spacial score (nSPS) is 9.71. The summed E-state index contributed by atoms with van der Waals surface area (Å²) in [6.45, 7) is 3.97. The summed E-state index contributed by atoms with van der Waals surface area (Å²) in [4.78, 5) is 8.43. The Morgan fingerprint density at radius 1 is 0.857 bits per heavy atom. The first-order valence-electron chi connectivity index (χ1n) is 4.39. The Morgan fingerprint density at radius 3 is 1.71 bits per heavy atom. The van der Waals surface area contributed by atoms with Crippen LogP contribution in [0.25, 0.3) is 5.57 Å². The van der Waals surface area contributed by atoms with Crippen molar-refractivity contribution in [1.82, 2.24) is 9.97 Å². The number of hydrogen-bond donors (Lipinski definition) is 0. The lowest BCUT2D eigenvalue weighted by Crippen LogP contribution is -1.91. The van der Waals surface area contributed by atoms with E-state index in [1.54, 1.807) is 12.4 Å². The molecule has 0 aliphatic carbocycles. The van der Waals surface area contributed by atoms with Gasteiger partial charge in [0.15, 0.2) is 0 Å². The molecule has 0 saturated carbocycles. The molecule has 0 bridgehead atoms. The predicted molar refractivity (Wildman–Crippen MR) is 56.6 cm³/mol. The molecule has 0 saturated heterocycles. The number of nitrogens with zero attached hydrogens (tertiary/aromatic N) is 2. The highest BCUT2D eigenvalue weighted by molar-refractivity contribution is 5.73. The third kappa shape index (κ3) is 1.69. The summed E-state index contributed by atoms with van der Waals surface area (Å²) in [5.74, 6) is 0. The van der Waals surface area contributed by atoms with Crippen molar-refractivity contribution in [1.29, 1.82) is 0 Å². The Balaban J connectivity index is 2.35. The first kappa shape index (κ1) is 8.63. The van der Waals surface area contributed by atoms with E-state index in [0.717, 1.165) is 17.0 Å². The van der Waals surface area contributed by atoms with E-state index in [2.05, 4.69) is 16.5 Å².